The van der Waals surface area contributed by atoms with Crippen LogP contribution in [-0.4, -0.2) is 29.3 Å². The van der Waals surface area contributed by atoms with Gasteiger partial charge in [0.1, 0.15) is 11.3 Å². The summed E-state index contributed by atoms with van der Waals surface area (Å²) < 4.78 is 11.5. The van der Waals surface area contributed by atoms with E-state index < -0.39 is 17.7 Å². The number of aromatic nitrogens is 1. The molecule has 6 heteroatoms. The van der Waals surface area contributed by atoms with Gasteiger partial charge in [-0.2, -0.15) is 0 Å². The van der Waals surface area contributed by atoms with Crippen molar-refractivity contribution in [2.24, 2.45) is 0 Å². The van der Waals surface area contributed by atoms with Crippen LogP contribution in [0.25, 0.3) is 0 Å². The lowest BCUT2D eigenvalue weighted by Crippen LogP contribution is -2.28. The molecule has 0 aromatic carbocycles. The first-order valence-electron chi connectivity index (χ1n) is 4.94. The van der Waals surface area contributed by atoms with E-state index in [0.717, 1.165) is 4.57 Å². The number of hydrogen-bond acceptors (Lipinski definition) is 4. The maximum atomic E-state index is 11.8. The average Bonchev–Trinajstić information content (AvgIpc) is 2.56. The van der Waals surface area contributed by atoms with Crippen molar-refractivity contribution in [2.45, 2.75) is 26.4 Å². The molecule has 94 valence electrons. The number of nitrogens with zero attached hydrogens (tertiary/aromatic N) is 1. The van der Waals surface area contributed by atoms with Gasteiger partial charge < -0.3 is 9.47 Å². The van der Waals surface area contributed by atoms with E-state index in [1.165, 1.54) is 19.4 Å². The molecule has 1 aromatic rings. The van der Waals surface area contributed by atoms with Gasteiger partial charge in [-0.1, -0.05) is 0 Å². The molecule has 0 aliphatic carbocycles. The molecule has 1 rings (SSSR count). The van der Waals surface area contributed by atoms with E-state index in [0.29, 0.717) is 4.47 Å². The second-order valence-corrected chi connectivity index (χ2v) is 5.30. The summed E-state index contributed by atoms with van der Waals surface area (Å²) in [7, 11) is 1.25. The SMILES string of the molecule is COC(=O)c1cc(Br)cn1C(=O)OC(C)(C)C. The van der Waals surface area contributed by atoms with Crippen LogP contribution in [-0.2, 0) is 9.47 Å². The molecule has 1 heterocycles. The van der Waals surface area contributed by atoms with E-state index in [2.05, 4.69) is 20.7 Å². The Morgan fingerprint density at radius 1 is 1.35 bits per heavy atom. The van der Waals surface area contributed by atoms with Crippen LogP contribution < -0.4 is 0 Å². The molecule has 5 nitrogen and oxygen atoms in total. The Bertz CT molecular complexity index is 445. The number of rotatable bonds is 1. The molecule has 0 unspecified atom stereocenters. The Balaban J connectivity index is 3.05. The van der Waals surface area contributed by atoms with Crippen LogP contribution >= 0.6 is 15.9 Å². The summed E-state index contributed by atoms with van der Waals surface area (Å²) in [4.78, 5) is 23.3. The van der Waals surface area contributed by atoms with Gasteiger partial charge in [0, 0.05) is 10.7 Å². The summed E-state index contributed by atoms with van der Waals surface area (Å²) in [5.74, 6) is -0.596. The van der Waals surface area contributed by atoms with Crippen molar-refractivity contribution in [3.05, 3.63) is 22.4 Å². The highest BCUT2D eigenvalue weighted by Gasteiger charge is 2.23. The number of ether oxygens (including phenoxy) is 2. The van der Waals surface area contributed by atoms with Crippen LogP contribution in [0.5, 0.6) is 0 Å². The van der Waals surface area contributed by atoms with Gasteiger partial charge >= 0.3 is 12.1 Å². The quantitative estimate of drug-likeness (QED) is 0.749. The Morgan fingerprint density at radius 2 is 1.94 bits per heavy atom. The van der Waals surface area contributed by atoms with Gasteiger partial charge in [0.15, 0.2) is 0 Å². The summed E-state index contributed by atoms with van der Waals surface area (Å²) in [5, 5.41) is 0. The minimum absolute atomic E-state index is 0.119. The van der Waals surface area contributed by atoms with E-state index in [1.54, 1.807) is 20.8 Å². The van der Waals surface area contributed by atoms with E-state index in [9.17, 15) is 9.59 Å². The fourth-order valence-electron chi connectivity index (χ4n) is 1.15. The van der Waals surface area contributed by atoms with Crippen LogP contribution in [0.4, 0.5) is 4.79 Å². The first-order valence-corrected chi connectivity index (χ1v) is 5.73. The fraction of sp³-hybridized carbons (Fsp3) is 0.455. The first kappa shape index (κ1) is 13.8. The van der Waals surface area contributed by atoms with E-state index in [-0.39, 0.29) is 5.69 Å². The minimum atomic E-state index is -0.624. The normalized spacial score (nSPS) is 11.1. The molecular weight excluding hydrogens is 290 g/mol. The zero-order chi connectivity index (χ0) is 13.2. The van der Waals surface area contributed by atoms with Gasteiger partial charge in [-0.15, -0.1) is 0 Å². The van der Waals surface area contributed by atoms with Crippen molar-refractivity contribution in [2.75, 3.05) is 7.11 Å². The summed E-state index contributed by atoms with van der Waals surface area (Å²) in [6, 6.07) is 1.50. The average molecular weight is 304 g/mol. The molecule has 1 aromatic heterocycles. The molecule has 0 fully saturated rings. The smallest absolute Gasteiger partial charge is 0.419 e. The maximum absolute atomic E-state index is 11.8. The molecule has 0 bridgehead atoms. The largest absolute Gasteiger partial charge is 0.464 e. The number of esters is 1. The molecule has 0 aliphatic rings. The molecule has 0 saturated carbocycles. The highest BCUT2D eigenvalue weighted by atomic mass is 79.9. The minimum Gasteiger partial charge on any atom is -0.464 e. The third kappa shape index (κ3) is 3.59. The Morgan fingerprint density at radius 3 is 2.41 bits per heavy atom. The lowest BCUT2D eigenvalue weighted by atomic mass is 10.2. The van der Waals surface area contributed by atoms with Gasteiger partial charge in [-0.05, 0) is 42.8 Å². The van der Waals surface area contributed by atoms with E-state index >= 15 is 0 Å². The summed E-state index contributed by atoms with van der Waals surface area (Å²) >= 11 is 3.19. The maximum Gasteiger partial charge on any atom is 0.419 e. The van der Waals surface area contributed by atoms with Crippen LogP contribution in [0.15, 0.2) is 16.7 Å². The van der Waals surface area contributed by atoms with Gasteiger partial charge in [0.2, 0.25) is 0 Å². The zero-order valence-electron chi connectivity index (χ0n) is 10.1. The van der Waals surface area contributed by atoms with Crippen molar-refractivity contribution in [1.29, 1.82) is 0 Å². The van der Waals surface area contributed by atoms with Gasteiger partial charge in [-0.25, -0.2) is 14.2 Å². The molecule has 0 amide bonds. The van der Waals surface area contributed by atoms with Crippen molar-refractivity contribution >= 4 is 28.0 Å². The number of carbonyl (C=O) groups is 2. The molecule has 0 aliphatic heterocycles. The van der Waals surface area contributed by atoms with Crippen LogP contribution in [0.2, 0.25) is 0 Å². The molecular formula is C11H14BrNO4. The van der Waals surface area contributed by atoms with Gasteiger partial charge in [0.25, 0.3) is 0 Å². The van der Waals surface area contributed by atoms with Crippen molar-refractivity contribution in [3.8, 4) is 0 Å². The monoisotopic (exact) mass is 303 g/mol. The van der Waals surface area contributed by atoms with E-state index in [1.807, 2.05) is 0 Å². The third-order valence-electron chi connectivity index (χ3n) is 1.77. The number of hydrogen-bond donors (Lipinski definition) is 0. The lowest BCUT2D eigenvalue weighted by molar-refractivity contribution is 0.0483. The first-order chi connectivity index (χ1) is 7.74. The Kier molecular flexibility index (Phi) is 3.98. The summed E-state index contributed by atoms with van der Waals surface area (Å²) in [6.45, 7) is 5.25. The highest BCUT2D eigenvalue weighted by molar-refractivity contribution is 9.10. The summed E-state index contributed by atoms with van der Waals surface area (Å²) in [6.07, 6.45) is 0.837. The van der Waals surface area contributed by atoms with Crippen molar-refractivity contribution in [3.63, 3.8) is 0 Å². The van der Waals surface area contributed by atoms with Crippen LogP contribution in [0, 0.1) is 0 Å². The molecule has 17 heavy (non-hydrogen) atoms. The fourth-order valence-corrected chi connectivity index (χ4v) is 1.58. The second-order valence-electron chi connectivity index (χ2n) is 4.39. The van der Waals surface area contributed by atoms with Crippen molar-refractivity contribution in [1.82, 2.24) is 4.57 Å². The molecule has 0 spiro atoms. The Labute approximate surface area is 108 Å². The zero-order valence-corrected chi connectivity index (χ0v) is 11.7. The van der Waals surface area contributed by atoms with Gasteiger partial charge in [-0.3, -0.25) is 0 Å². The number of methoxy groups -OCH3 is 1. The number of halogens is 1. The highest BCUT2D eigenvalue weighted by Crippen LogP contribution is 2.18. The molecule has 0 saturated heterocycles. The topological polar surface area (TPSA) is 57.5 Å². The van der Waals surface area contributed by atoms with Crippen LogP contribution in [0.3, 0.4) is 0 Å². The van der Waals surface area contributed by atoms with Crippen LogP contribution in [0.1, 0.15) is 31.3 Å². The van der Waals surface area contributed by atoms with E-state index in [4.69, 9.17) is 4.74 Å². The molecule has 0 radical (unpaired) electrons. The molecule has 0 N–H and O–H groups in total. The standard InChI is InChI=1S/C11H14BrNO4/c1-11(2,3)17-10(15)13-6-7(12)5-8(13)9(14)16-4/h5-6H,1-4H3. The predicted octanol–water partition coefficient (Wildman–Crippen LogP) is 2.82. The number of carbonyl (C=O) groups excluding carboxylic acids is 2. The van der Waals surface area contributed by atoms with Gasteiger partial charge in [0.05, 0.1) is 7.11 Å². The van der Waals surface area contributed by atoms with Crippen molar-refractivity contribution < 1.29 is 19.1 Å². The second kappa shape index (κ2) is 4.91. The third-order valence-corrected chi connectivity index (χ3v) is 2.20. The summed E-state index contributed by atoms with van der Waals surface area (Å²) in [5.41, 5.74) is -0.505. The lowest BCUT2D eigenvalue weighted by Gasteiger charge is -2.20. The molecule has 0 atom stereocenters. The predicted molar refractivity (Wildman–Crippen MR) is 65.1 cm³/mol. The Hall–Kier alpha value is -1.30.